The second-order valence-electron chi connectivity index (χ2n) is 4.19. The minimum Gasteiger partial charge on any atom is -0.351 e. The number of hydrogen-bond acceptors (Lipinski definition) is 2. The van der Waals surface area contributed by atoms with Crippen LogP contribution in [0.3, 0.4) is 0 Å². The van der Waals surface area contributed by atoms with E-state index in [1.807, 2.05) is 18.4 Å². The van der Waals surface area contributed by atoms with E-state index in [1.165, 1.54) is 22.6 Å². The zero-order valence-electron chi connectivity index (χ0n) is 11.3. The summed E-state index contributed by atoms with van der Waals surface area (Å²) >= 11 is 1.83. The van der Waals surface area contributed by atoms with Crippen LogP contribution in [0.5, 0.6) is 0 Å². The van der Waals surface area contributed by atoms with Gasteiger partial charge in [-0.3, -0.25) is 4.99 Å². The van der Waals surface area contributed by atoms with Gasteiger partial charge >= 0.3 is 0 Å². The van der Waals surface area contributed by atoms with E-state index in [-0.39, 0.29) is 0 Å². The average molecular weight is 253 g/mol. The summed E-state index contributed by atoms with van der Waals surface area (Å²) in [6, 6.07) is 4.33. The number of aryl methyl sites for hydroxylation is 1. The van der Waals surface area contributed by atoms with Crippen molar-refractivity contribution in [2.24, 2.45) is 4.99 Å². The molecule has 0 aromatic carbocycles. The largest absolute Gasteiger partial charge is 0.351 e. The maximum absolute atomic E-state index is 4.30. The zero-order chi connectivity index (χ0) is 12.7. The maximum atomic E-state index is 4.30. The number of guanidine groups is 1. The van der Waals surface area contributed by atoms with Crippen molar-refractivity contribution in [1.82, 2.24) is 10.2 Å². The van der Waals surface area contributed by atoms with Crippen LogP contribution in [-0.4, -0.2) is 31.5 Å². The first-order valence-electron chi connectivity index (χ1n) is 6.14. The third-order valence-electron chi connectivity index (χ3n) is 2.64. The summed E-state index contributed by atoms with van der Waals surface area (Å²) in [6.45, 7) is 6.26. The van der Waals surface area contributed by atoms with Gasteiger partial charge in [0.25, 0.3) is 0 Å². The molecule has 0 saturated heterocycles. The van der Waals surface area contributed by atoms with Gasteiger partial charge in [-0.25, -0.2) is 0 Å². The van der Waals surface area contributed by atoms with Gasteiger partial charge in [-0.05, 0) is 25.5 Å². The van der Waals surface area contributed by atoms with Crippen molar-refractivity contribution in [1.29, 1.82) is 0 Å². The lowest BCUT2D eigenvalue weighted by molar-refractivity contribution is 0.465. The molecule has 0 aliphatic carbocycles. The first-order valence-corrected chi connectivity index (χ1v) is 6.96. The Balaban J connectivity index is 2.42. The zero-order valence-corrected chi connectivity index (χ0v) is 12.1. The number of hydrogen-bond donors (Lipinski definition) is 1. The standard InChI is InChI=1S/C13H23N3S/c1-5-6-9-16(4)13(14-3)15-10-12-8-7-11(2)17-12/h7-8H,5-6,9-10H2,1-4H3,(H,14,15). The Hall–Kier alpha value is -1.03. The predicted octanol–water partition coefficient (Wildman–Crippen LogP) is 2.86. The number of nitrogens with one attached hydrogen (secondary N) is 1. The quantitative estimate of drug-likeness (QED) is 0.645. The van der Waals surface area contributed by atoms with Gasteiger partial charge in [-0.15, -0.1) is 11.3 Å². The predicted molar refractivity (Wildman–Crippen MR) is 76.8 cm³/mol. The monoisotopic (exact) mass is 253 g/mol. The van der Waals surface area contributed by atoms with Gasteiger partial charge in [0.15, 0.2) is 5.96 Å². The van der Waals surface area contributed by atoms with Crippen LogP contribution < -0.4 is 5.32 Å². The third kappa shape index (κ3) is 4.77. The van der Waals surface area contributed by atoms with E-state index in [9.17, 15) is 0 Å². The Labute approximate surface area is 109 Å². The van der Waals surface area contributed by atoms with Gasteiger partial charge in [0.1, 0.15) is 0 Å². The third-order valence-corrected chi connectivity index (χ3v) is 3.64. The maximum Gasteiger partial charge on any atom is 0.193 e. The summed E-state index contributed by atoms with van der Waals surface area (Å²) in [5.41, 5.74) is 0. The highest BCUT2D eigenvalue weighted by Gasteiger charge is 2.05. The van der Waals surface area contributed by atoms with Gasteiger partial charge < -0.3 is 10.2 Å². The van der Waals surface area contributed by atoms with Gasteiger partial charge in [-0.1, -0.05) is 13.3 Å². The van der Waals surface area contributed by atoms with Gasteiger partial charge in [0.05, 0.1) is 6.54 Å². The van der Waals surface area contributed by atoms with Crippen molar-refractivity contribution in [2.75, 3.05) is 20.6 Å². The van der Waals surface area contributed by atoms with Crippen LogP contribution in [0.1, 0.15) is 29.5 Å². The summed E-state index contributed by atoms with van der Waals surface area (Å²) in [5, 5.41) is 3.39. The molecule has 1 aromatic rings. The number of thiophene rings is 1. The fraction of sp³-hybridized carbons (Fsp3) is 0.615. The lowest BCUT2D eigenvalue weighted by Gasteiger charge is -2.21. The lowest BCUT2D eigenvalue weighted by Crippen LogP contribution is -2.38. The van der Waals surface area contributed by atoms with Crippen molar-refractivity contribution in [2.45, 2.75) is 33.2 Å². The Bertz CT molecular complexity index is 357. The number of aliphatic imine (C=N–C) groups is 1. The molecule has 0 amide bonds. The van der Waals surface area contributed by atoms with E-state index in [4.69, 9.17) is 0 Å². The van der Waals surface area contributed by atoms with Crippen molar-refractivity contribution < 1.29 is 0 Å². The van der Waals surface area contributed by atoms with Crippen molar-refractivity contribution >= 4 is 17.3 Å². The van der Waals surface area contributed by atoms with E-state index in [2.05, 4.69) is 48.2 Å². The molecule has 1 N–H and O–H groups in total. The molecule has 0 fully saturated rings. The molecule has 4 heteroatoms. The van der Waals surface area contributed by atoms with Crippen LogP contribution in [0.25, 0.3) is 0 Å². The minimum absolute atomic E-state index is 0.863. The molecule has 0 aliphatic rings. The van der Waals surface area contributed by atoms with Crippen LogP contribution in [0.4, 0.5) is 0 Å². The molecule has 1 heterocycles. The van der Waals surface area contributed by atoms with Crippen LogP contribution in [0.15, 0.2) is 17.1 Å². The number of rotatable bonds is 5. The van der Waals surface area contributed by atoms with Crippen molar-refractivity contribution in [3.05, 3.63) is 21.9 Å². The Morgan fingerprint density at radius 1 is 1.47 bits per heavy atom. The van der Waals surface area contributed by atoms with Gasteiger partial charge in [-0.2, -0.15) is 0 Å². The molecule has 3 nitrogen and oxygen atoms in total. The summed E-state index contributed by atoms with van der Waals surface area (Å²) in [4.78, 5) is 9.20. The first-order chi connectivity index (χ1) is 8.17. The minimum atomic E-state index is 0.863. The molecule has 17 heavy (non-hydrogen) atoms. The molecule has 0 unspecified atom stereocenters. The Morgan fingerprint density at radius 2 is 2.24 bits per heavy atom. The van der Waals surface area contributed by atoms with Crippen molar-refractivity contribution in [3.8, 4) is 0 Å². The topological polar surface area (TPSA) is 27.6 Å². The second kappa shape index (κ2) is 7.33. The molecular formula is C13H23N3S. The molecule has 0 aliphatic heterocycles. The smallest absolute Gasteiger partial charge is 0.193 e. The summed E-state index contributed by atoms with van der Waals surface area (Å²) in [7, 11) is 3.93. The van der Waals surface area contributed by atoms with E-state index in [0.717, 1.165) is 19.0 Å². The van der Waals surface area contributed by atoms with Crippen molar-refractivity contribution in [3.63, 3.8) is 0 Å². The molecule has 0 spiro atoms. The molecule has 1 aromatic heterocycles. The molecule has 1 rings (SSSR count). The molecule has 0 saturated carbocycles. The number of nitrogens with zero attached hydrogens (tertiary/aromatic N) is 2. The van der Waals surface area contributed by atoms with Gasteiger partial charge in [0.2, 0.25) is 0 Å². The fourth-order valence-corrected chi connectivity index (χ4v) is 2.46. The van der Waals surface area contributed by atoms with E-state index >= 15 is 0 Å². The highest BCUT2D eigenvalue weighted by Crippen LogP contribution is 2.14. The fourth-order valence-electron chi connectivity index (χ4n) is 1.63. The second-order valence-corrected chi connectivity index (χ2v) is 5.56. The molecule has 96 valence electrons. The van der Waals surface area contributed by atoms with Crippen LogP contribution in [0.2, 0.25) is 0 Å². The summed E-state index contributed by atoms with van der Waals surface area (Å²) < 4.78 is 0. The number of unbranched alkanes of at least 4 members (excludes halogenated alkanes) is 1. The van der Waals surface area contributed by atoms with Gasteiger partial charge in [0, 0.05) is 30.4 Å². The molecule has 0 atom stereocenters. The van der Waals surface area contributed by atoms with Crippen LogP contribution in [-0.2, 0) is 6.54 Å². The normalized spacial score (nSPS) is 11.6. The van der Waals surface area contributed by atoms with E-state index < -0.39 is 0 Å². The molecule has 0 radical (unpaired) electrons. The average Bonchev–Trinajstić information content (AvgIpc) is 2.73. The summed E-state index contributed by atoms with van der Waals surface area (Å²) in [6.07, 6.45) is 2.42. The highest BCUT2D eigenvalue weighted by atomic mass is 32.1. The molecule has 0 bridgehead atoms. The SMILES string of the molecule is CCCCN(C)C(=NC)NCc1ccc(C)s1. The highest BCUT2D eigenvalue weighted by molar-refractivity contribution is 7.11. The van der Waals surface area contributed by atoms with Crippen LogP contribution >= 0.6 is 11.3 Å². The van der Waals surface area contributed by atoms with E-state index in [1.54, 1.807) is 0 Å². The lowest BCUT2D eigenvalue weighted by atomic mass is 10.3. The summed E-state index contributed by atoms with van der Waals surface area (Å²) in [5.74, 6) is 0.976. The first kappa shape index (κ1) is 14.0. The molecular weight excluding hydrogens is 230 g/mol. The Kier molecular flexibility index (Phi) is 6.05. The Morgan fingerprint density at radius 3 is 2.76 bits per heavy atom. The van der Waals surface area contributed by atoms with Crippen LogP contribution in [0, 0.1) is 6.92 Å². The van der Waals surface area contributed by atoms with E-state index in [0.29, 0.717) is 0 Å².